The first-order valence-corrected chi connectivity index (χ1v) is 14.9. The zero-order valence-electron chi connectivity index (χ0n) is 23.4. The first kappa shape index (κ1) is 35.5. The van der Waals surface area contributed by atoms with Gasteiger partial charge in [-0.05, 0) is 44.9 Å². The van der Waals surface area contributed by atoms with Crippen molar-refractivity contribution in [3.63, 3.8) is 0 Å². The number of phosphoric acid groups is 1. The molecule has 0 aliphatic heterocycles. The normalized spacial score (nSPS) is 15.3. The fraction of sp³-hybridized carbons (Fsp3) is 0.679. The second-order valence-corrected chi connectivity index (χ2v) is 11.4. The number of hydrogen-bond donors (Lipinski definition) is 2. The maximum Gasteiger partial charge on any atom is 0.472 e. The minimum absolute atomic E-state index is 0.0474. The van der Waals surface area contributed by atoms with Gasteiger partial charge in [0, 0.05) is 6.42 Å². The molecule has 37 heavy (non-hydrogen) atoms. The van der Waals surface area contributed by atoms with E-state index in [-0.39, 0.29) is 19.6 Å². The Kier molecular flexibility index (Phi) is 21.5. The van der Waals surface area contributed by atoms with Crippen LogP contribution in [0.1, 0.15) is 71.1 Å². The van der Waals surface area contributed by atoms with E-state index < -0.39 is 26.5 Å². The van der Waals surface area contributed by atoms with Gasteiger partial charge in [-0.25, -0.2) is 4.57 Å². The van der Waals surface area contributed by atoms with Crippen LogP contribution in [0.4, 0.5) is 0 Å². The number of nitrogens with zero attached hydrogens (tertiary/aromatic N) is 1. The Morgan fingerprint density at radius 3 is 2.00 bits per heavy atom. The van der Waals surface area contributed by atoms with Gasteiger partial charge in [-0.1, -0.05) is 68.4 Å². The van der Waals surface area contributed by atoms with Crippen LogP contribution >= 0.6 is 7.82 Å². The number of ether oxygens (including phenoxy) is 1. The molecular formula is C28H51NO7P+. The van der Waals surface area contributed by atoms with Crippen molar-refractivity contribution in [1.29, 1.82) is 0 Å². The molecule has 0 heterocycles. The van der Waals surface area contributed by atoms with Crippen molar-refractivity contribution < 1.29 is 37.6 Å². The summed E-state index contributed by atoms with van der Waals surface area (Å²) >= 11 is 0. The molecule has 0 saturated heterocycles. The van der Waals surface area contributed by atoms with E-state index in [9.17, 15) is 19.4 Å². The van der Waals surface area contributed by atoms with Gasteiger partial charge in [-0.15, -0.1) is 0 Å². The van der Waals surface area contributed by atoms with Gasteiger partial charge in [0.1, 0.15) is 25.9 Å². The van der Waals surface area contributed by atoms with Crippen LogP contribution in [-0.4, -0.2) is 74.1 Å². The number of carbonyl (C=O) groups is 1. The van der Waals surface area contributed by atoms with E-state index in [1.54, 1.807) is 0 Å². The highest BCUT2D eigenvalue weighted by molar-refractivity contribution is 7.47. The summed E-state index contributed by atoms with van der Waals surface area (Å²) < 4.78 is 27.0. The molecule has 9 heteroatoms. The Labute approximate surface area is 224 Å². The van der Waals surface area contributed by atoms with E-state index in [0.717, 1.165) is 57.8 Å². The summed E-state index contributed by atoms with van der Waals surface area (Å²) in [5, 5.41) is 9.83. The summed E-state index contributed by atoms with van der Waals surface area (Å²) in [5.74, 6) is -0.399. The molecule has 8 nitrogen and oxygen atoms in total. The van der Waals surface area contributed by atoms with Crippen molar-refractivity contribution in [2.24, 2.45) is 0 Å². The van der Waals surface area contributed by atoms with Gasteiger partial charge in [-0.3, -0.25) is 13.8 Å². The fourth-order valence-corrected chi connectivity index (χ4v) is 3.69. The minimum atomic E-state index is -4.25. The monoisotopic (exact) mass is 544 g/mol. The van der Waals surface area contributed by atoms with E-state index in [1.807, 2.05) is 21.1 Å². The predicted octanol–water partition coefficient (Wildman–Crippen LogP) is 5.88. The number of allylic oxidation sites excluding steroid dienone is 8. The Morgan fingerprint density at radius 1 is 0.838 bits per heavy atom. The van der Waals surface area contributed by atoms with Crippen LogP contribution in [0.5, 0.6) is 0 Å². The highest BCUT2D eigenvalue weighted by Crippen LogP contribution is 2.43. The molecule has 0 aromatic carbocycles. The summed E-state index contributed by atoms with van der Waals surface area (Å²) in [7, 11) is 1.53. The van der Waals surface area contributed by atoms with E-state index in [0.29, 0.717) is 11.0 Å². The van der Waals surface area contributed by atoms with Crippen LogP contribution in [0.2, 0.25) is 0 Å². The Hall–Kier alpha value is -1.54. The second kappa shape index (κ2) is 22.4. The molecule has 0 aromatic rings. The number of phosphoric ester groups is 1. The topological polar surface area (TPSA) is 102 Å². The SMILES string of the molecule is CC/C=C\C/C=C\C/C=C\C/C=C\CCCCCCC(=O)OC[C@@H](O)COP(=O)(O)OCC[N+](C)(C)C. The average Bonchev–Trinajstić information content (AvgIpc) is 2.82. The summed E-state index contributed by atoms with van der Waals surface area (Å²) in [6, 6.07) is 0. The summed E-state index contributed by atoms with van der Waals surface area (Å²) in [6.45, 7) is 1.97. The summed E-state index contributed by atoms with van der Waals surface area (Å²) in [4.78, 5) is 21.4. The van der Waals surface area contributed by atoms with Crippen LogP contribution in [0.15, 0.2) is 48.6 Å². The molecule has 0 aromatic heterocycles. The zero-order valence-corrected chi connectivity index (χ0v) is 24.3. The second-order valence-electron chi connectivity index (χ2n) is 9.90. The van der Waals surface area contributed by atoms with Crippen molar-refractivity contribution >= 4 is 13.8 Å². The third-order valence-electron chi connectivity index (χ3n) is 5.10. The lowest BCUT2D eigenvalue weighted by Gasteiger charge is -2.24. The van der Waals surface area contributed by atoms with Gasteiger partial charge in [0.25, 0.3) is 0 Å². The first-order valence-electron chi connectivity index (χ1n) is 13.4. The van der Waals surface area contributed by atoms with Crippen molar-refractivity contribution in [1.82, 2.24) is 0 Å². The molecule has 2 atom stereocenters. The number of unbranched alkanes of at least 4 members (excludes halogenated alkanes) is 4. The third-order valence-corrected chi connectivity index (χ3v) is 6.09. The maximum atomic E-state index is 11.8. The standard InChI is InChI=1S/C28H50NO7P/c1-5-6-7-8-9-10-11-12-13-14-15-16-17-18-19-20-21-22-28(31)34-25-27(30)26-36-37(32,33)35-24-23-29(2,3)4/h6-7,9-10,12-13,15-16,27,30H,5,8,11,14,17-26H2,1-4H3/p+1/b7-6-,10-9-,13-12-,16-15-/t27-/m1/s1. The van der Waals surface area contributed by atoms with Gasteiger partial charge < -0.3 is 19.2 Å². The van der Waals surface area contributed by atoms with Gasteiger partial charge in [-0.2, -0.15) is 0 Å². The highest BCUT2D eigenvalue weighted by atomic mass is 31.2. The number of quaternary nitrogens is 1. The van der Waals surface area contributed by atoms with Crippen LogP contribution in [-0.2, 0) is 23.1 Å². The molecular weight excluding hydrogens is 493 g/mol. The van der Waals surface area contributed by atoms with Gasteiger partial charge >= 0.3 is 13.8 Å². The summed E-state index contributed by atoms with van der Waals surface area (Å²) in [5.41, 5.74) is 0. The van der Waals surface area contributed by atoms with Crippen molar-refractivity contribution in [2.45, 2.75) is 77.2 Å². The number of likely N-dealkylation sites (N-methyl/N-ethyl adjacent to an activating group) is 1. The molecule has 0 saturated carbocycles. The van der Waals surface area contributed by atoms with Gasteiger partial charge in [0.05, 0.1) is 27.7 Å². The zero-order chi connectivity index (χ0) is 27.8. The van der Waals surface area contributed by atoms with Crippen LogP contribution < -0.4 is 0 Å². The molecule has 0 rings (SSSR count). The first-order chi connectivity index (χ1) is 17.6. The Bertz CT molecular complexity index is 741. The molecule has 0 aliphatic rings. The van der Waals surface area contributed by atoms with Crippen molar-refractivity contribution in [3.8, 4) is 0 Å². The quantitative estimate of drug-likeness (QED) is 0.0545. The summed E-state index contributed by atoms with van der Waals surface area (Å²) in [6.07, 6.45) is 25.4. The van der Waals surface area contributed by atoms with Crippen LogP contribution in [0, 0.1) is 0 Å². The van der Waals surface area contributed by atoms with E-state index >= 15 is 0 Å². The third kappa shape index (κ3) is 27.3. The molecule has 0 aliphatic carbocycles. The fourth-order valence-electron chi connectivity index (χ4n) is 2.94. The van der Waals surface area contributed by atoms with Crippen LogP contribution in [0.25, 0.3) is 0 Å². The number of esters is 1. The molecule has 0 amide bonds. The molecule has 0 radical (unpaired) electrons. The molecule has 1 unspecified atom stereocenters. The Balaban J connectivity index is 3.68. The largest absolute Gasteiger partial charge is 0.472 e. The molecule has 2 N–H and O–H groups in total. The highest BCUT2D eigenvalue weighted by Gasteiger charge is 2.24. The lowest BCUT2D eigenvalue weighted by molar-refractivity contribution is -0.870. The maximum absolute atomic E-state index is 11.8. The molecule has 0 fully saturated rings. The lowest BCUT2D eigenvalue weighted by Crippen LogP contribution is -2.37. The number of hydrogen-bond acceptors (Lipinski definition) is 6. The molecule has 0 spiro atoms. The average molecular weight is 545 g/mol. The smallest absolute Gasteiger partial charge is 0.463 e. The number of rotatable bonds is 23. The van der Waals surface area contributed by atoms with Crippen LogP contribution in [0.3, 0.4) is 0 Å². The van der Waals surface area contributed by atoms with Gasteiger partial charge in [0.15, 0.2) is 0 Å². The number of aliphatic hydroxyl groups excluding tert-OH is 1. The molecule has 214 valence electrons. The Morgan fingerprint density at radius 2 is 1.41 bits per heavy atom. The number of aliphatic hydroxyl groups is 1. The van der Waals surface area contributed by atoms with E-state index in [1.165, 1.54) is 0 Å². The number of carbonyl (C=O) groups excluding carboxylic acids is 1. The molecule has 0 bridgehead atoms. The van der Waals surface area contributed by atoms with E-state index in [2.05, 4.69) is 55.5 Å². The predicted molar refractivity (Wildman–Crippen MR) is 150 cm³/mol. The van der Waals surface area contributed by atoms with E-state index in [4.69, 9.17) is 13.8 Å². The van der Waals surface area contributed by atoms with Crippen molar-refractivity contribution in [2.75, 3.05) is 47.5 Å². The van der Waals surface area contributed by atoms with Gasteiger partial charge in [0.2, 0.25) is 0 Å². The lowest BCUT2D eigenvalue weighted by atomic mass is 10.1. The van der Waals surface area contributed by atoms with Crippen molar-refractivity contribution in [3.05, 3.63) is 48.6 Å². The minimum Gasteiger partial charge on any atom is -0.463 e.